The lowest BCUT2D eigenvalue weighted by atomic mass is 9.96. The number of fused-ring (bicyclic) bond motifs is 4. The van der Waals surface area contributed by atoms with Crippen molar-refractivity contribution in [3.63, 3.8) is 0 Å². The van der Waals surface area contributed by atoms with Gasteiger partial charge in [-0.3, -0.25) is 0 Å². The van der Waals surface area contributed by atoms with E-state index >= 15 is 0 Å². The Kier molecular flexibility index (Phi) is 2.46. The molecule has 0 aliphatic carbocycles. The van der Waals surface area contributed by atoms with Gasteiger partial charge in [-0.1, -0.05) is 30.3 Å². The number of hydrogen-bond donors (Lipinski definition) is 0. The Hall–Kier alpha value is -1.20. The Morgan fingerprint density at radius 1 is 1.20 bits per heavy atom. The molecule has 1 spiro atoms. The van der Waals surface area contributed by atoms with Crippen molar-refractivity contribution in [2.45, 2.75) is 50.3 Å². The van der Waals surface area contributed by atoms with E-state index in [1.54, 1.807) is 6.08 Å². The molecular weight excluding hydrogens is 256 g/mol. The molecule has 2 fully saturated rings. The first-order chi connectivity index (χ1) is 9.56. The Balaban J connectivity index is 1.82. The maximum Gasteiger partial charge on any atom is 0.226 e. The van der Waals surface area contributed by atoms with Crippen LogP contribution in [0, 0.1) is 0 Å². The maximum absolute atomic E-state index is 6.16. The van der Waals surface area contributed by atoms with Crippen LogP contribution in [0.25, 0.3) is 0 Å². The molecule has 20 heavy (non-hydrogen) atoms. The quantitative estimate of drug-likeness (QED) is 0.737. The molecule has 4 heteroatoms. The molecule has 0 radical (unpaired) electrons. The van der Waals surface area contributed by atoms with Gasteiger partial charge in [-0.2, -0.15) is 0 Å². The highest BCUT2D eigenvalue weighted by atomic mass is 16.8. The summed E-state index contributed by atoms with van der Waals surface area (Å²) < 4.78 is 24.3. The van der Waals surface area contributed by atoms with Crippen LogP contribution in [0.5, 0.6) is 0 Å². The largest absolute Gasteiger partial charge is 0.341 e. The van der Waals surface area contributed by atoms with Gasteiger partial charge >= 0.3 is 0 Å². The molecule has 0 aromatic heterocycles. The van der Waals surface area contributed by atoms with Gasteiger partial charge in [-0.05, 0) is 19.4 Å². The van der Waals surface area contributed by atoms with Gasteiger partial charge in [-0.15, -0.1) is 6.58 Å². The second-order valence-electron chi connectivity index (χ2n) is 5.95. The molecular formula is C16H18O4. The lowest BCUT2D eigenvalue weighted by molar-refractivity contribution is -0.290. The van der Waals surface area contributed by atoms with Crippen molar-refractivity contribution in [3.05, 3.63) is 48.0 Å². The molecule has 4 nitrogen and oxygen atoms in total. The van der Waals surface area contributed by atoms with Gasteiger partial charge in [0, 0.05) is 5.56 Å². The van der Waals surface area contributed by atoms with Crippen molar-refractivity contribution in [3.8, 4) is 0 Å². The molecule has 1 aromatic rings. The molecule has 3 aliphatic heterocycles. The van der Waals surface area contributed by atoms with Crippen molar-refractivity contribution in [2.75, 3.05) is 0 Å². The van der Waals surface area contributed by atoms with Crippen LogP contribution in [0.3, 0.4) is 0 Å². The van der Waals surface area contributed by atoms with E-state index in [1.165, 1.54) is 0 Å². The fraction of sp³-hybridized carbons (Fsp3) is 0.500. The lowest BCUT2D eigenvalue weighted by Crippen LogP contribution is -2.40. The smallest absolute Gasteiger partial charge is 0.226 e. The summed E-state index contributed by atoms with van der Waals surface area (Å²) >= 11 is 0. The van der Waals surface area contributed by atoms with Crippen LogP contribution < -0.4 is 0 Å². The fourth-order valence-corrected chi connectivity index (χ4v) is 3.42. The van der Waals surface area contributed by atoms with E-state index in [1.807, 2.05) is 32.0 Å². The summed E-state index contributed by atoms with van der Waals surface area (Å²) in [7, 11) is 0. The average molecular weight is 274 g/mol. The van der Waals surface area contributed by atoms with Crippen molar-refractivity contribution >= 4 is 0 Å². The van der Waals surface area contributed by atoms with E-state index in [4.69, 9.17) is 18.9 Å². The molecule has 0 amide bonds. The summed E-state index contributed by atoms with van der Waals surface area (Å²) in [5.41, 5.74) is 2.19. The second kappa shape index (κ2) is 3.92. The highest BCUT2D eigenvalue weighted by Crippen LogP contribution is 2.53. The van der Waals surface area contributed by atoms with E-state index in [9.17, 15) is 0 Å². The van der Waals surface area contributed by atoms with Gasteiger partial charge in [0.25, 0.3) is 0 Å². The topological polar surface area (TPSA) is 36.9 Å². The number of ether oxygens (including phenoxy) is 4. The van der Waals surface area contributed by atoms with Crippen molar-refractivity contribution in [1.82, 2.24) is 0 Å². The molecule has 4 atom stereocenters. The SMILES string of the molecule is C=C[C@@H]1O[C@@]2(OCc3ccccc32)[C@@H]2OC(C)(C)O[C@H]12. The molecule has 3 heterocycles. The maximum atomic E-state index is 6.16. The first-order valence-corrected chi connectivity index (χ1v) is 6.94. The van der Waals surface area contributed by atoms with Crippen LogP contribution in [0.1, 0.15) is 25.0 Å². The zero-order valence-corrected chi connectivity index (χ0v) is 11.7. The van der Waals surface area contributed by atoms with Crippen molar-refractivity contribution < 1.29 is 18.9 Å². The number of rotatable bonds is 1. The molecule has 0 saturated carbocycles. The van der Waals surface area contributed by atoms with Gasteiger partial charge in [0.05, 0.1) is 6.61 Å². The van der Waals surface area contributed by atoms with Gasteiger partial charge in [0.2, 0.25) is 5.79 Å². The van der Waals surface area contributed by atoms with E-state index < -0.39 is 11.6 Å². The van der Waals surface area contributed by atoms with Crippen molar-refractivity contribution in [2.24, 2.45) is 0 Å². The molecule has 2 saturated heterocycles. The Morgan fingerprint density at radius 2 is 2.00 bits per heavy atom. The molecule has 106 valence electrons. The van der Waals surface area contributed by atoms with Gasteiger partial charge in [0.1, 0.15) is 18.3 Å². The van der Waals surface area contributed by atoms with E-state index in [0.29, 0.717) is 6.61 Å². The first kappa shape index (κ1) is 12.5. The lowest BCUT2D eigenvalue weighted by Gasteiger charge is -2.30. The molecule has 4 rings (SSSR count). The minimum atomic E-state index is -0.867. The summed E-state index contributed by atoms with van der Waals surface area (Å²) in [5.74, 6) is -1.50. The first-order valence-electron chi connectivity index (χ1n) is 6.94. The van der Waals surface area contributed by atoms with Crippen LogP contribution in [-0.2, 0) is 31.3 Å². The third-order valence-electron chi connectivity index (χ3n) is 4.21. The summed E-state index contributed by atoms with van der Waals surface area (Å²) in [6.07, 6.45) is 1.08. The standard InChI is InChI=1S/C16H18O4/c1-4-12-13-14(20-15(2,3)19-13)16(18-12)11-8-6-5-7-10(11)9-17-16/h4-8,12-14H,1,9H2,2-3H3/t12-,13+,14+,16+/m0/s1. The highest BCUT2D eigenvalue weighted by molar-refractivity contribution is 5.37. The van der Waals surface area contributed by atoms with Gasteiger partial charge in [0.15, 0.2) is 5.79 Å². The summed E-state index contributed by atoms with van der Waals surface area (Å²) in [6.45, 7) is 8.21. The number of benzene rings is 1. The second-order valence-corrected chi connectivity index (χ2v) is 5.95. The Labute approximate surface area is 118 Å². The molecule has 1 aromatic carbocycles. The van der Waals surface area contributed by atoms with E-state index in [0.717, 1.165) is 11.1 Å². The zero-order chi connectivity index (χ0) is 14.0. The predicted octanol–water partition coefficient (Wildman–Crippen LogP) is 2.47. The Bertz CT molecular complexity index is 567. The number of hydrogen-bond acceptors (Lipinski definition) is 4. The van der Waals surface area contributed by atoms with Gasteiger partial charge in [-0.25, -0.2) is 0 Å². The van der Waals surface area contributed by atoms with Crippen molar-refractivity contribution in [1.29, 1.82) is 0 Å². The minimum absolute atomic E-state index is 0.186. The van der Waals surface area contributed by atoms with Crippen LogP contribution >= 0.6 is 0 Å². The third-order valence-corrected chi connectivity index (χ3v) is 4.21. The molecule has 0 N–H and O–H groups in total. The Morgan fingerprint density at radius 3 is 2.80 bits per heavy atom. The highest BCUT2D eigenvalue weighted by Gasteiger charge is 2.65. The third kappa shape index (κ3) is 1.50. The van der Waals surface area contributed by atoms with Crippen LogP contribution in [-0.4, -0.2) is 24.1 Å². The summed E-state index contributed by atoms with van der Waals surface area (Å²) in [4.78, 5) is 0. The minimum Gasteiger partial charge on any atom is -0.341 e. The van der Waals surface area contributed by atoms with E-state index in [2.05, 4.69) is 12.6 Å². The van der Waals surface area contributed by atoms with Gasteiger partial charge < -0.3 is 18.9 Å². The monoisotopic (exact) mass is 274 g/mol. The van der Waals surface area contributed by atoms with Crippen LogP contribution in [0.4, 0.5) is 0 Å². The zero-order valence-electron chi connectivity index (χ0n) is 11.7. The normalized spacial score (nSPS) is 40.8. The summed E-state index contributed by atoms with van der Waals surface area (Å²) in [5, 5.41) is 0. The average Bonchev–Trinajstić information content (AvgIpc) is 3.03. The fourth-order valence-electron chi connectivity index (χ4n) is 3.42. The van der Waals surface area contributed by atoms with Crippen LogP contribution in [0.2, 0.25) is 0 Å². The molecule has 0 bridgehead atoms. The molecule has 3 aliphatic rings. The molecule has 0 unspecified atom stereocenters. The van der Waals surface area contributed by atoms with E-state index in [-0.39, 0.29) is 18.3 Å². The predicted molar refractivity (Wildman–Crippen MR) is 71.8 cm³/mol. The van der Waals surface area contributed by atoms with Crippen LogP contribution in [0.15, 0.2) is 36.9 Å². The summed E-state index contributed by atoms with van der Waals surface area (Å²) in [6, 6.07) is 8.11.